The maximum Gasteiger partial charge on any atom is 0.165 e. The quantitative estimate of drug-likeness (QED) is 0.422. The number of imidazole rings is 1. The van der Waals surface area contributed by atoms with Crippen molar-refractivity contribution in [1.29, 1.82) is 0 Å². The van der Waals surface area contributed by atoms with Gasteiger partial charge in [-0.2, -0.15) is 0 Å². The van der Waals surface area contributed by atoms with Gasteiger partial charge in [-0.15, -0.1) is 0 Å². The maximum absolute atomic E-state index is 4.79. The number of hydrogen-bond acceptors (Lipinski definition) is 2. The second-order valence-electron chi connectivity index (χ2n) is 5.23. The molecule has 3 nitrogen and oxygen atoms in total. The number of fused-ring (bicyclic) bond motifs is 6. The molecule has 0 aliphatic carbocycles. The molecule has 0 aliphatic rings. The number of aromatic nitrogens is 3. The van der Waals surface area contributed by atoms with Crippen LogP contribution in [0.4, 0.5) is 0 Å². The van der Waals surface area contributed by atoms with Gasteiger partial charge in [-0.05, 0) is 23.6 Å². The molecular weight excluding hydrogens is 258 g/mol. The molecule has 0 saturated carbocycles. The number of hydrogen-bond donors (Lipinski definition) is 0. The van der Waals surface area contributed by atoms with Gasteiger partial charge >= 0.3 is 0 Å². The first-order valence-corrected chi connectivity index (χ1v) is 6.95. The van der Waals surface area contributed by atoms with Crippen LogP contribution in [-0.2, 0) is 0 Å². The Hall–Kier alpha value is -2.94. The van der Waals surface area contributed by atoms with E-state index in [1.807, 2.05) is 30.3 Å². The average molecular weight is 269 g/mol. The fraction of sp³-hybridized carbons (Fsp3) is 0. The number of rotatable bonds is 0. The third-order valence-electron chi connectivity index (χ3n) is 3.97. The van der Waals surface area contributed by atoms with E-state index in [9.17, 15) is 0 Å². The minimum Gasteiger partial charge on any atom is -0.284 e. The van der Waals surface area contributed by atoms with Gasteiger partial charge < -0.3 is 0 Å². The summed E-state index contributed by atoms with van der Waals surface area (Å²) in [4.78, 5) is 9.57. The summed E-state index contributed by atoms with van der Waals surface area (Å²) in [5, 5.41) is 3.48. The summed E-state index contributed by atoms with van der Waals surface area (Å²) in [6.45, 7) is 0. The molecule has 98 valence electrons. The first-order valence-electron chi connectivity index (χ1n) is 6.95. The highest BCUT2D eigenvalue weighted by atomic mass is 15.1. The minimum absolute atomic E-state index is 0.912. The zero-order valence-corrected chi connectivity index (χ0v) is 11.2. The van der Waals surface area contributed by atoms with E-state index in [1.165, 1.54) is 5.39 Å². The summed E-state index contributed by atoms with van der Waals surface area (Å²) < 4.78 is 2.07. The standard InChI is InChI=1S/C18H11N3/c1-3-7-14-12(5-1)9-10-21-17(14)20-16-11-13-6-2-4-8-15(13)19-18(16)21/h1-11H. The van der Waals surface area contributed by atoms with Gasteiger partial charge in [0.15, 0.2) is 5.65 Å². The van der Waals surface area contributed by atoms with Gasteiger partial charge in [0.25, 0.3) is 0 Å². The Balaban J connectivity index is 2.04. The zero-order valence-electron chi connectivity index (χ0n) is 11.2. The number of benzene rings is 2. The van der Waals surface area contributed by atoms with E-state index >= 15 is 0 Å². The Morgan fingerprint density at radius 3 is 2.38 bits per heavy atom. The van der Waals surface area contributed by atoms with Crippen molar-refractivity contribution in [3.8, 4) is 0 Å². The largest absolute Gasteiger partial charge is 0.284 e. The second kappa shape index (κ2) is 3.79. The van der Waals surface area contributed by atoms with Crippen molar-refractivity contribution >= 4 is 38.5 Å². The molecule has 3 heterocycles. The Morgan fingerprint density at radius 2 is 1.43 bits per heavy atom. The summed E-state index contributed by atoms with van der Waals surface area (Å²) >= 11 is 0. The summed E-state index contributed by atoms with van der Waals surface area (Å²) in [6.07, 6.45) is 2.05. The Bertz CT molecular complexity index is 1140. The third-order valence-corrected chi connectivity index (χ3v) is 3.97. The summed E-state index contributed by atoms with van der Waals surface area (Å²) in [5.41, 5.74) is 3.81. The molecule has 5 rings (SSSR count). The van der Waals surface area contributed by atoms with Crippen molar-refractivity contribution in [1.82, 2.24) is 14.4 Å². The van der Waals surface area contributed by atoms with E-state index in [-0.39, 0.29) is 0 Å². The topological polar surface area (TPSA) is 30.2 Å². The highest BCUT2D eigenvalue weighted by Gasteiger charge is 2.09. The Kier molecular flexibility index (Phi) is 1.95. The molecule has 2 aromatic carbocycles. The van der Waals surface area contributed by atoms with Gasteiger partial charge in [-0.1, -0.05) is 42.5 Å². The van der Waals surface area contributed by atoms with Crippen LogP contribution in [0.2, 0.25) is 0 Å². The smallest absolute Gasteiger partial charge is 0.165 e. The molecule has 21 heavy (non-hydrogen) atoms. The molecule has 3 heteroatoms. The minimum atomic E-state index is 0.912. The molecule has 0 radical (unpaired) electrons. The fourth-order valence-electron chi connectivity index (χ4n) is 2.95. The van der Waals surface area contributed by atoms with Crippen LogP contribution in [0.5, 0.6) is 0 Å². The normalized spacial score (nSPS) is 11.8. The van der Waals surface area contributed by atoms with Gasteiger partial charge in [-0.25, -0.2) is 9.97 Å². The highest BCUT2D eigenvalue weighted by molar-refractivity contribution is 5.99. The second-order valence-corrected chi connectivity index (χ2v) is 5.23. The highest BCUT2D eigenvalue weighted by Crippen LogP contribution is 2.25. The molecule has 0 saturated heterocycles. The molecular formula is C18H11N3. The zero-order chi connectivity index (χ0) is 13.8. The fourth-order valence-corrected chi connectivity index (χ4v) is 2.95. The number of para-hydroxylation sites is 1. The lowest BCUT2D eigenvalue weighted by atomic mass is 10.2. The van der Waals surface area contributed by atoms with Crippen LogP contribution in [0.3, 0.4) is 0 Å². The van der Waals surface area contributed by atoms with Crippen molar-refractivity contribution in [2.24, 2.45) is 0 Å². The van der Waals surface area contributed by atoms with Crippen molar-refractivity contribution < 1.29 is 0 Å². The molecule has 0 N–H and O–H groups in total. The lowest BCUT2D eigenvalue weighted by Crippen LogP contribution is -1.88. The van der Waals surface area contributed by atoms with E-state index in [0.29, 0.717) is 0 Å². The van der Waals surface area contributed by atoms with Crippen molar-refractivity contribution in [3.63, 3.8) is 0 Å². The van der Waals surface area contributed by atoms with Crippen LogP contribution in [0.15, 0.2) is 66.9 Å². The molecule has 0 amide bonds. The van der Waals surface area contributed by atoms with Crippen LogP contribution < -0.4 is 0 Å². The van der Waals surface area contributed by atoms with E-state index in [2.05, 4.69) is 40.9 Å². The van der Waals surface area contributed by atoms with Crippen LogP contribution in [0.25, 0.3) is 38.5 Å². The van der Waals surface area contributed by atoms with Gasteiger partial charge in [0.1, 0.15) is 11.2 Å². The average Bonchev–Trinajstić information content (AvgIpc) is 2.90. The predicted octanol–water partition coefficient (Wildman–Crippen LogP) is 4.19. The lowest BCUT2D eigenvalue weighted by Gasteiger charge is -2.00. The van der Waals surface area contributed by atoms with Crippen molar-refractivity contribution in [2.75, 3.05) is 0 Å². The van der Waals surface area contributed by atoms with Crippen molar-refractivity contribution in [3.05, 3.63) is 66.9 Å². The molecule has 0 atom stereocenters. The molecule has 3 aromatic heterocycles. The summed E-state index contributed by atoms with van der Waals surface area (Å²) in [5.74, 6) is 0. The Labute approximate surface area is 120 Å². The van der Waals surface area contributed by atoms with Crippen LogP contribution in [0.1, 0.15) is 0 Å². The molecule has 0 fully saturated rings. The molecule has 0 unspecified atom stereocenters. The van der Waals surface area contributed by atoms with E-state index < -0.39 is 0 Å². The van der Waals surface area contributed by atoms with Gasteiger partial charge in [0.2, 0.25) is 0 Å². The predicted molar refractivity (Wildman–Crippen MR) is 85.5 cm³/mol. The van der Waals surface area contributed by atoms with E-state index in [1.54, 1.807) is 0 Å². The molecule has 0 spiro atoms. The van der Waals surface area contributed by atoms with Crippen LogP contribution in [0, 0.1) is 0 Å². The van der Waals surface area contributed by atoms with Gasteiger partial charge in [-0.3, -0.25) is 4.40 Å². The first kappa shape index (κ1) is 10.8. The lowest BCUT2D eigenvalue weighted by molar-refractivity contribution is 1.21. The Morgan fingerprint density at radius 1 is 0.667 bits per heavy atom. The monoisotopic (exact) mass is 269 g/mol. The molecule has 5 aromatic rings. The van der Waals surface area contributed by atoms with Crippen molar-refractivity contribution in [2.45, 2.75) is 0 Å². The summed E-state index contributed by atoms with van der Waals surface area (Å²) in [7, 11) is 0. The van der Waals surface area contributed by atoms with Gasteiger partial charge in [0, 0.05) is 17.0 Å². The van der Waals surface area contributed by atoms with Crippen LogP contribution >= 0.6 is 0 Å². The third kappa shape index (κ3) is 1.43. The summed E-state index contributed by atoms with van der Waals surface area (Å²) in [6, 6.07) is 20.7. The maximum atomic E-state index is 4.79. The molecule has 0 aliphatic heterocycles. The SMILES string of the molecule is c1ccc2nc3c(cc2c1)nc1c2ccccc2ccn31. The van der Waals surface area contributed by atoms with E-state index in [0.717, 1.165) is 33.1 Å². The van der Waals surface area contributed by atoms with Gasteiger partial charge in [0.05, 0.1) is 5.52 Å². The first-order chi connectivity index (χ1) is 10.4. The van der Waals surface area contributed by atoms with Crippen LogP contribution in [-0.4, -0.2) is 14.4 Å². The van der Waals surface area contributed by atoms with E-state index in [4.69, 9.17) is 9.97 Å². The number of nitrogens with zero attached hydrogens (tertiary/aromatic N) is 3. The molecule has 0 bridgehead atoms. The number of pyridine rings is 2.